The summed E-state index contributed by atoms with van der Waals surface area (Å²) in [7, 11) is 0. The van der Waals surface area contributed by atoms with Crippen molar-refractivity contribution in [3.63, 3.8) is 0 Å². The first-order valence-corrected chi connectivity index (χ1v) is 12.1. The Kier molecular flexibility index (Phi) is 8.76. The van der Waals surface area contributed by atoms with E-state index < -0.39 is 6.04 Å². The highest BCUT2D eigenvalue weighted by molar-refractivity contribution is 6.36. The zero-order chi connectivity index (χ0) is 24.0. The summed E-state index contributed by atoms with van der Waals surface area (Å²) in [6, 6.07) is 18.9. The number of carbonyl (C=O) groups is 2. The third-order valence-corrected chi connectivity index (χ3v) is 6.75. The number of nitrogens with zero attached hydrogens (tertiary/aromatic N) is 1. The van der Waals surface area contributed by atoms with E-state index in [4.69, 9.17) is 23.2 Å². The third-order valence-electron chi connectivity index (χ3n) is 6.05. The average molecular weight is 485 g/mol. The predicted molar refractivity (Wildman–Crippen MR) is 137 cm³/mol. The normalized spacial score (nSPS) is 12.9. The zero-order valence-electron chi connectivity index (χ0n) is 19.3. The molecule has 0 spiro atoms. The molecule has 0 unspecified atom stereocenters. The molecule has 3 aromatic carbocycles. The van der Waals surface area contributed by atoms with E-state index in [1.54, 1.807) is 30.0 Å². The van der Waals surface area contributed by atoms with Crippen molar-refractivity contribution in [3.05, 3.63) is 81.8 Å². The van der Waals surface area contributed by atoms with Crippen LogP contribution in [0, 0.1) is 0 Å². The van der Waals surface area contributed by atoms with Gasteiger partial charge in [-0.3, -0.25) is 9.59 Å². The number of amides is 2. The topological polar surface area (TPSA) is 49.4 Å². The second-order valence-electron chi connectivity index (χ2n) is 8.35. The number of halogens is 2. The minimum Gasteiger partial charge on any atom is -0.352 e. The summed E-state index contributed by atoms with van der Waals surface area (Å²) in [6.45, 7) is 5.87. The van der Waals surface area contributed by atoms with Gasteiger partial charge in [-0.05, 0) is 55.2 Å². The molecule has 3 aromatic rings. The zero-order valence-corrected chi connectivity index (χ0v) is 20.8. The van der Waals surface area contributed by atoms with Crippen LogP contribution in [0.4, 0.5) is 0 Å². The van der Waals surface area contributed by atoms with Gasteiger partial charge < -0.3 is 10.2 Å². The molecule has 0 radical (unpaired) electrons. The molecule has 2 atom stereocenters. The van der Waals surface area contributed by atoms with Crippen molar-refractivity contribution in [3.8, 4) is 0 Å². The van der Waals surface area contributed by atoms with Gasteiger partial charge in [-0.1, -0.05) is 78.7 Å². The van der Waals surface area contributed by atoms with Crippen LogP contribution < -0.4 is 5.32 Å². The number of nitrogens with one attached hydrogen (secondary N) is 1. The van der Waals surface area contributed by atoms with E-state index in [2.05, 4.69) is 23.5 Å². The summed E-state index contributed by atoms with van der Waals surface area (Å²) in [4.78, 5) is 27.9. The van der Waals surface area contributed by atoms with Crippen molar-refractivity contribution in [2.75, 3.05) is 0 Å². The largest absolute Gasteiger partial charge is 0.352 e. The van der Waals surface area contributed by atoms with Gasteiger partial charge in [0.05, 0.1) is 0 Å². The molecule has 3 rings (SSSR count). The van der Waals surface area contributed by atoms with Gasteiger partial charge in [-0.2, -0.15) is 0 Å². The number of hydrogen-bond acceptors (Lipinski definition) is 2. The lowest BCUT2D eigenvalue weighted by atomic mass is 10.0. The van der Waals surface area contributed by atoms with Gasteiger partial charge in [0.25, 0.3) is 0 Å². The molecular formula is C27H30Cl2N2O2. The van der Waals surface area contributed by atoms with Crippen LogP contribution >= 0.6 is 23.2 Å². The smallest absolute Gasteiger partial charge is 0.242 e. The summed E-state index contributed by atoms with van der Waals surface area (Å²) in [5, 5.41) is 6.21. The number of rotatable bonds is 9. The fourth-order valence-electron chi connectivity index (χ4n) is 3.80. The fraction of sp³-hybridized carbons (Fsp3) is 0.333. The van der Waals surface area contributed by atoms with E-state index in [1.165, 1.54) is 0 Å². The lowest BCUT2D eigenvalue weighted by Gasteiger charge is -2.30. The van der Waals surface area contributed by atoms with E-state index in [1.807, 2.05) is 38.1 Å². The number of aryl methyl sites for hydroxylation is 1. The highest BCUT2D eigenvalue weighted by atomic mass is 35.5. The third kappa shape index (κ3) is 6.27. The highest BCUT2D eigenvalue weighted by Gasteiger charge is 2.28. The van der Waals surface area contributed by atoms with Crippen molar-refractivity contribution in [2.24, 2.45) is 0 Å². The van der Waals surface area contributed by atoms with Gasteiger partial charge in [0.15, 0.2) is 0 Å². The first kappa shape index (κ1) is 25.1. The van der Waals surface area contributed by atoms with Gasteiger partial charge in [-0.25, -0.2) is 0 Å². The molecule has 0 saturated heterocycles. The monoisotopic (exact) mass is 484 g/mol. The van der Waals surface area contributed by atoms with Gasteiger partial charge in [0, 0.05) is 34.6 Å². The van der Waals surface area contributed by atoms with Crippen LogP contribution in [0.5, 0.6) is 0 Å². The lowest BCUT2D eigenvalue weighted by molar-refractivity contribution is -0.140. The van der Waals surface area contributed by atoms with E-state index in [0.29, 0.717) is 22.0 Å². The van der Waals surface area contributed by atoms with Crippen molar-refractivity contribution in [1.29, 1.82) is 0 Å². The molecule has 2 amide bonds. The van der Waals surface area contributed by atoms with E-state index >= 15 is 0 Å². The maximum Gasteiger partial charge on any atom is 0.242 e. The first-order valence-electron chi connectivity index (χ1n) is 11.3. The van der Waals surface area contributed by atoms with Crippen LogP contribution in [0.1, 0.15) is 44.7 Å². The van der Waals surface area contributed by atoms with Crippen molar-refractivity contribution >= 4 is 45.8 Å². The van der Waals surface area contributed by atoms with Gasteiger partial charge in [-0.15, -0.1) is 0 Å². The minimum atomic E-state index is -0.661. The molecule has 6 heteroatoms. The summed E-state index contributed by atoms with van der Waals surface area (Å²) in [5.74, 6) is -0.309. The molecule has 0 aliphatic rings. The highest BCUT2D eigenvalue weighted by Crippen LogP contribution is 2.27. The first-order chi connectivity index (χ1) is 15.8. The Morgan fingerprint density at radius 1 is 0.939 bits per heavy atom. The summed E-state index contributed by atoms with van der Waals surface area (Å²) >= 11 is 12.8. The molecule has 0 aliphatic heterocycles. The molecule has 1 N–H and O–H groups in total. The number of carbonyl (C=O) groups excluding carboxylic acids is 2. The molecular weight excluding hydrogens is 455 g/mol. The van der Waals surface area contributed by atoms with Crippen molar-refractivity contribution < 1.29 is 9.59 Å². The Morgan fingerprint density at radius 3 is 2.27 bits per heavy atom. The molecule has 0 fully saturated rings. The Morgan fingerprint density at radius 2 is 1.58 bits per heavy atom. The van der Waals surface area contributed by atoms with Gasteiger partial charge >= 0.3 is 0 Å². The molecule has 0 saturated carbocycles. The van der Waals surface area contributed by atoms with Crippen molar-refractivity contribution in [1.82, 2.24) is 10.2 Å². The quantitative estimate of drug-likeness (QED) is 0.381. The maximum atomic E-state index is 13.4. The SMILES string of the molecule is CC[C@H](C)NC(=O)[C@@H](C)N(Cc1c(Cl)cccc1Cl)C(=O)CCc1cccc2ccccc12. The number of fused-ring (bicyclic) bond motifs is 1. The predicted octanol–water partition coefficient (Wildman–Crippen LogP) is 6.41. The number of benzene rings is 3. The molecule has 0 aromatic heterocycles. The van der Waals surface area contributed by atoms with Gasteiger partial charge in [0.1, 0.15) is 6.04 Å². The van der Waals surface area contributed by atoms with Crippen LogP contribution in [0.25, 0.3) is 10.8 Å². The summed E-state index contributed by atoms with van der Waals surface area (Å²) in [5.41, 5.74) is 1.75. The standard InChI is InChI=1S/C27H30Cl2N2O2/c1-4-18(2)30-27(33)19(3)31(17-23-24(28)13-8-14-25(23)29)26(32)16-15-21-11-7-10-20-9-5-6-12-22(20)21/h5-14,18-19H,4,15-17H2,1-3H3,(H,30,33)/t18-,19+/m0/s1. The second-order valence-corrected chi connectivity index (χ2v) is 9.17. The van der Waals surface area contributed by atoms with Crippen molar-refractivity contribution in [2.45, 2.75) is 58.7 Å². The molecule has 4 nitrogen and oxygen atoms in total. The molecule has 33 heavy (non-hydrogen) atoms. The summed E-state index contributed by atoms with van der Waals surface area (Å²) < 4.78 is 0. The minimum absolute atomic E-state index is 0.0245. The molecule has 174 valence electrons. The van der Waals surface area contributed by atoms with Gasteiger partial charge in [0.2, 0.25) is 11.8 Å². The van der Waals surface area contributed by atoms with Crippen LogP contribution in [-0.2, 0) is 22.6 Å². The number of hydrogen-bond donors (Lipinski definition) is 1. The van der Waals surface area contributed by atoms with E-state index in [-0.39, 0.29) is 30.8 Å². The fourth-order valence-corrected chi connectivity index (χ4v) is 4.31. The molecule has 0 bridgehead atoms. The van der Waals surface area contributed by atoms with Crippen LogP contribution in [0.15, 0.2) is 60.7 Å². The maximum absolute atomic E-state index is 13.4. The van der Waals surface area contributed by atoms with E-state index in [0.717, 1.165) is 22.8 Å². The van der Waals surface area contributed by atoms with Crippen LogP contribution in [0.2, 0.25) is 10.0 Å². The van der Waals surface area contributed by atoms with Crippen LogP contribution in [0.3, 0.4) is 0 Å². The lowest BCUT2D eigenvalue weighted by Crippen LogP contribution is -2.49. The van der Waals surface area contributed by atoms with Crippen LogP contribution in [-0.4, -0.2) is 28.8 Å². The van der Waals surface area contributed by atoms with E-state index in [9.17, 15) is 9.59 Å². The Bertz CT molecular complexity index is 1110. The Hall–Kier alpha value is -2.56. The average Bonchev–Trinajstić information content (AvgIpc) is 2.81. The molecule has 0 aliphatic carbocycles. The summed E-state index contributed by atoms with van der Waals surface area (Å²) in [6.07, 6.45) is 1.66. The Labute approximate surface area is 205 Å². The molecule has 0 heterocycles. The second kappa shape index (κ2) is 11.5. The Balaban J connectivity index is 1.84.